The first kappa shape index (κ1) is 47.6. The molecule has 56 heavy (non-hydrogen) atoms. The first-order chi connectivity index (χ1) is 25.9. The Bertz CT molecular complexity index is 1540. The van der Waals surface area contributed by atoms with Crippen molar-refractivity contribution < 1.29 is 44.3 Å². The highest BCUT2D eigenvalue weighted by Crippen LogP contribution is 2.51. The Balaban J connectivity index is 2.01. The molecule has 3 aromatic rings. The lowest BCUT2D eigenvalue weighted by Crippen LogP contribution is -2.54. The lowest BCUT2D eigenvalue weighted by Gasteiger charge is -2.44. The zero-order chi connectivity index (χ0) is 42.2. The Morgan fingerprint density at radius 1 is 0.661 bits per heavy atom. The van der Waals surface area contributed by atoms with E-state index in [1.165, 1.54) is 0 Å². The number of alkyl halides is 7. The van der Waals surface area contributed by atoms with E-state index in [-0.39, 0.29) is 28.6 Å². The Kier molecular flexibility index (Phi) is 16.0. The van der Waals surface area contributed by atoms with Gasteiger partial charge in [0.25, 0.3) is 0 Å². The minimum Gasteiger partial charge on any atom is -0.417 e. The first-order valence-corrected chi connectivity index (χ1v) is 24.6. The van der Waals surface area contributed by atoms with E-state index in [0.29, 0.717) is 13.0 Å². The topological polar surface area (TPSA) is 27.7 Å². The summed E-state index contributed by atoms with van der Waals surface area (Å²) < 4.78 is 118. The fraction of sp³-hybridized carbons (Fsp3) is 0.545. The van der Waals surface area contributed by atoms with Crippen LogP contribution in [0.2, 0.25) is 35.3 Å². The average Bonchev–Trinajstić information content (AvgIpc) is 3.12. The highest BCUT2D eigenvalue weighted by molar-refractivity contribution is 6.76. The van der Waals surface area contributed by atoms with Crippen LogP contribution in [0.15, 0.2) is 103 Å². The van der Waals surface area contributed by atoms with E-state index < -0.39 is 58.8 Å². The van der Waals surface area contributed by atoms with E-state index in [0.717, 1.165) is 16.7 Å². The van der Waals surface area contributed by atoms with Gasteiger partial charge in [-0.3, -0.25) is 0 Å². The molecular weight excluding hydrogens is 766 g/mol. The van der Waals surface area contributed by atoms with Crippen LogP contribution in [-0.2, 0) is 19.2 Å². The number of hydrogen-bond donors (Lipinski definition) is 0. The summed E-state index contributed by atoms with van der Waals surface area (Å²) in [6, 6.07) is 29.2. The van der Waals surface area contributed by atoms with Crippen LogP contribution in [0.4, 0.5) is 30.7 Å². The number of rotatable bonds is 20. The van der Waals surface area contributed by atoms with Gasteiger partial charge in [0.05, 0.1) is 12.7 Å². The third-order valence-corrected chi connectivity index (χ3v) is 21.8. The van der Waals surface area contributed by atoms with Gasteiger partial charge in [0, 0.05) is 13.0 Å². The normalized spacial score (nSPS) is 15.2. The molecule has 0 bridgehead atoms. The Hall–Kier alpha value is -2.78. The largest absolute Gasteiger partial charge is 0.459 e. The third kappa shape index (κ3) is 10.8. The Morgan fingerprint density at radius 2 is 1.09 bits per heavy atom. The van der Waals surface area contributed by atoms with E-state index in [1.54, 1.807) is 27.7 Å². The minimum atomic E-state index is -6.39. The summed E-state index contributed by atoms with van der Waals surface area (Å²) in [7, 11) is -5.66. The molecule has 0 aromatic heterocycles. The summed E-state index contributed by atoms with van der Waals surface area (Å²) in [6.07, 6.45) is -4.44. The predicted molar refractivity (Wildman–Crippen MR) is 217 cm³/mol. The SMILES string of the molecule is CC(C)[Si](CCC(F)(F)C(F)(F)C(F)(F)F)(O[C@@H](CCO[Si](C)(C)C(C)(C)C)[C@H](C)/C=C/COC(c1ccccc1)(c1ccccc1)c1ccccc1)C(C)C. The molecule has 3 rings (SSSR count). The van der Waals surface area contributed by atoms with Crippen molar-refractivity contribution >= 4 is 16.6 Å². The summed E-state index contributed by atoms with van der Waals surface area (Å²) in [5.41, 5.74) is 1.08. The van der Waals surface area contributed by atoms with Gasteiger partial charge in [0.2, 0.25) is 0 Å². The predicted octanol–water partition coefficient (Wildman–Crippen LogP) is 14.0. The van der Waals surface area contributed by atoms with E-state index in [2.05, 4.69) is 33.9 Å². The Morgan fingerprint density at radius 3 is 1.46 bits per heavy atom. The van der Waals surface area contributed by atoms with Gasteiger partial charge in [-0.25, -0.2) is 0 Å². The third-order valence-electron chi connectivity index (χ3n) is 11.6. The highest BCUT2D eigenvalue weighted by Gasteiger charge is 2.72. The fourth-order valence-electron chi connectivity index (χ4n) is 6.99. The Labute approximate surface area is 332 Å². The molecule has 0 amide bonds. The van der Waals surface area contributed by atoms with Crippen molar-refractivity contribution in [3.05, 3.63) is 120 Å². The van der Waals surface area contributed by atoms with Crippen LogP contribution in [0.25, 0.3) is 0 Å². The van der Waals surface area contributed by atoms with Crippen molar-refractivity contribution in [2.24, 2.45) is 5.92 Å². The molecule has 0 heterocycles. The molecule has 12 heteroatoms. The van der Waals surface area contributed by atoms with Gasteiger partial charge in [-0.1, -0.05) is 159 Å². The molecule has 0 aliphatic rings. The maximum atomic E-state index is 14.8. The van der Waals surface area contributed by atoms with E-state index in [1.807, 2.05) is 110 Å². The monoisotopic (exact) mass is 826 g/mol. The maximum Gasteiger partial charge on any atom is 0.459 e. The lowest BCUT2D eigenvalue weighted by atomic mass is 9.80. The van der Waals surface area contributed by atoms with Crippen molar-refractivity contribution in [2.75, 3.05) is 13.2 Å². The molecule has 0 aliphatic heterocycles. The molecule has 3 nitrogen and oxygen atoms in total. The molecule has 0 saturated carbocycles. The molecule has 0 fully saturated rings. The van der Waals surface area contributed by atoms with Gasteiger partial charge in [-0.05, 0) is 64.3 Å². The number of hydrogen-bond acceptors (Lipinski definition) is 3. The van der Waals surface area contributed by atoms with Crippen LogP contribution in [-0.4, -0.2) is 54.0 Å². The van der Waals surface area contributed by atoms with Gasteiger partial charge in [-0.15, -0.1) is 0 Å². The summed E-state index contributed by atoms with van der Waals surface area (Å²) in [4.78, 5) is 0. The van der Waals surface area contributed by atoms with Gasteiger partial charge in [0.1, 0.15) is 5.60 Å². The molecule has 312 valence electrons. The van der Waals surface area contributed by atoms with E-state index >= 15 is 0 Å². The number of ether oxygens (including phenoxy) is 1. The summed E-state index contributed by atoms with van der Waals surface area (Å²) in [5.74, 6) is -11.8. The molecule has 0 unspecified atom stereocenters. The van der Waals surface area contributed by atoms with E-state index in [9.17, 15) is 30.7 Å². The van der Waals surface area contributed by atoms with Crippen molar-refractivity contribution in [1.82, 2.24) is 0 Å². The molecule has 0 aliphatic carbocycles. The second-order valence-corrected chi connectivity index (χ2v) is 26.7. The van der Waals surface area contributed by atoms with Crippen LogP contribution < -0.4 is 0 Å². The summed E-state index contributed by atoms with van der Waals surface area (Å²) in [5, 5.41) is -0.0847. The van der Waals surface area contributed by atoms with Crippen LogP contribution in [0.5, 0.6) is 0 Å². The fourth-order valence-corrected chi connectivity index (χ4v) is 12.8. The van der Waals surface area contributed by atoms with Crippen LogP contribution >= 0.6 is 0 Å². The van der Waals surface area contributed by atoms with Gasteiger partial charge < -0.3 is 13.6 Å². The van der Waals surface area contributed by atoms with Crippen molar-refractivity contribution in [1.29, 1.82) is 0 Å². The van der Waals surface area contributed by atoms with Gasteiger partial charge in [-0.2, -0.15) is 30.7 Å². The quantitative estimate of drug-likeness (QED) is 0.0491. The summed E-state index contributed by atoms with van der Waals surface area (Å²) in [6.45, 7) is 20.1. The second-order valence-electron chi connectivity index (χ2n) is 17.0. The molecule has 3 aromatic carbocycles. The van der Waals surface area contributed by atoms with Gasteiger partial charge >= 0.3 is 18.0 Å². The van der Waals surface area contributed by atoms with Crippen LogP contribution in [0.3, 0.4) is 0 Å². The number of halogens is 7. The first-order valence-electron chi connectivity index (χ1n) is 19.5. The van der Waals surface area contributed by atoms with Crippen molar-refractivity contribution in [3.63, 3.8) is 0 Å². The average molecular weight is 827 g/mol. The zero-order valence-electron chi connectivity index (χ0n) is 34.5. The zero-order valence-corrected chi connectivity index (χ0v) is 36.5. The standard InChI is InChI=1S/C44H61F7O3Si2/c1-33(2)56(34(3)4,32-29-41(45,46)43(47,48)44(49,50)51)54-39(28-31-53-55(9,10)40(6,7)8)35(5)21-20-30-52-42(36-22-14-11-15-23-36,37-24-16-12-17-25-37)38-26-18-13-19-27-38/h11-27,33-35,39H,28-32H2,1-10H3/b21-20+/t35-,39+/m1/s1. The molecule has 0 saturated heterocycles. The lowest BCUT2D eigenvalue weighted by molar-refractivity contribution is -0.354. The molecule has 2 atom stereocenters. The van der Waals surface area contributed by atoms with Crippen molar-refractivity contribution in [3.8, 4) is 0 Å². The van der Waals surface area contributed by atoms with Crippen LogP contribution in [0, 0.1) is 5.92 Å². The molecule has 0 spiro atoms. The summed E-state index contributed by atoms with van der Waals surface area (Å²) >= 11 is 0. The van der Waals surface area contributed by atoms with Crippen LogP contribution in [0.1, 0.15) is 84.9 Å². The van der Waals surface area contributed by atoms with Crippen molar-refractivity contribution in [2.45, 2.75) is 133 Å². The molecular formula is C44H61F7O3Si2. The number of benzene rings is 3. The maximum absolute atomic E-state index is 14.8. The minimum absolute atomic E-state index is 0.0847. The second kappa shape index (κ2) is 18.9. The molecule has 0 N–H and O–H groups in total. The molecule has 0 radical (unpaired) electrons. The smallest absolute Gasteiger partial charge is 0.417 e. The van der Waals surface area contributed by atoms with E-state index in [4.69, 9.17) is 13.6 Å². The highest BCUT2D eigenvalue weighted by atomic mass is 28.4. The van der Waals surface area contributed by atoms with Gasteiger partial charge in [0.15, 0.2) is 16.6 Å².